The zero-order chi connectivity index (χ0) is 20.4. The number of benzene rings is 2. The van der Waals surface area contributed by atoms with Crippen molar-refractivity contribution >= 4 is 18.0 Å². The van der Waals surface area contributed by atoms with E-state index in [9.17, 15) is 14.9 Å². The predicted octanol–water partition coefficient (Wildman–Crippen LogP) is 3.41. The number of nitrogens with zero attached hydrogens (tertiary/aromatic N) is 1. The molecule has 2 rings (SSSR count). The maximum atomic E-state index is 12.4. The van der Waals surface area contributed by atoms with Crippen molar-refractivity contribution in [1.29, 1.82) is 5.26 Å². The number of rotatable bonds is 8. The zero-order valence-corrected chi connectivity index (χ0v) is 15.8. The van der Waals surface area contributed by atoms with Gasteiger partial charge in [-0.2, -0.15) is 5.26 Å². The van der Waals surface area contributed by atoms with E-state index in [4.69, 9.17) is 9.47 Å². The first-order valence-electron chi connectivity index (χ1n) is 8.89. The first kappa shape index (κ1) is 20.7. The van der Waals surface area contributed by atoms with Crippen molar-refractivity contribution in [2.45, 2.75) is 19.9 Å². The summed E-state index contributed by atoms with van der Waals surface area (Å²) in [5.74, 6) is -0.394. The molecule has 0 unspecified atom stereocenters. The summed E-state index contributed by atoms with van der Waals surface area (Å²) in [7, 11) is 0. The van der Waals surface area contributed by atoms with Gasteiger partial charge in [0, 0.05) is 0 Å². The van der Waals surface area contributed by atoms with Crippen molar-refractivity contribution in [3.8, 4) is 11.8 Å². The van der Waals surface area contributed by atoms with Gasteiger partial charge in [0.05, 0.1) is 12.6 Å². The number of hydrogen-bond acceptors (Lipinski definition) is 5. The molecule has 6 nitrogen and oxygen atoms in total. The highest BCUT2D eigenvalue weighted by Crippen LogP contribution is 2.16. The maximum Gasteiger partial charge on any atom is 0.344 e. The first-order chi connectivity index (χ1) is 13.5. The molecule has 0 saturated carbocycles. The van der Waals surface area contributed by atoms with Crippen molar-refractivity contribution < 1.29 is 19.1 Å². The van der Waals surface area contributed by atoms with Gasteiger partial charge in [-0.05, 0) is 43.2 Å². The molecule has 144 valence electrons. The van der Waals surface area contributed by atoms with Gasteiger partial charge in [-0.15, -0.1) is 0 Å². The van der Waals surface area contributed by atoms with Crippen molar-refractivity contribution in [3.63, 3.8) is 0 Å². The largest absolute Gasteiger partial charge is 0.482 e. The van der Waals surface area contributed by atoms with Crippen LogP contribution in [0.3, 0.4) is 0 Å². The molecule has 1 atom stereocenters. The van der Waals surface area contributed by atoms with Crippen LogP contribution in [0.25, 0.3) is 6.08 Å². The molecule has 0 spiro atoms. The molecular formula is C22H22N2O4. The molecule has 1 N–H and O–H groups in total. The second-order valence-corrected chi connectivity index (χ2v) is 5.94. The number of hydrogen-bond donors (Lipinski definition) is 1. The Morgan fingerprint density at radius 1 is 1.14 bits per heavy atom. The van der Waals surface area contributed by atoms with Crippen molar-refractivity contribution in [2.75, 3.05) is 13.2 Å². The minimum Gasteiger partial charge on any atom is -0.482 e. The van der Waals surface area contributed by atoms with Crippen LogP contribution in [0.4, 0.5) is 0 Å². The molecule has 1 amide bonds. The minimum atomic E-state index is -0.443. The van der Waals surface area contributed by atoms with Gasteiger partial charge in [0.1, 0.15) is 17.4 Å². The first-order valence-corrected chi connectivity index (χ1v) is 8.89. The Morgan fingerprint density at radius 3 is 2.43 bits per heavy atom. The third kappa shape index (κ3) is 6.29. The van der Waals surface area contributed by atoms with Crippen LogP contribution in [-0.4, -0.2) is 25.1 Å². The van der Waals surface area contributed by atoms with E-state index in [1.165, 1.54) is 6.08 Å². The van der Waals surface area contributed by atoms with Crippen LogP contribution in [0.15, 0.2) is 60.2 Å². The Labute approximate surface area is 164 Å². The molecule has 28 heavy (non-hydrogen) atoms. The van der Waals surface area contributed by atoms with Crippen molar-refractivity contribution in [1.82, 2.24) is 5.32 Å². The molecule has 6 heteroatoms. The van der Waals surface area contributed by atoms with E-state index < -0.39 is 11.9 Å². The lowest BCUT2D eigenvalue weighted by Crippen LogP contribution is -2.27. The monoisotopic (exact) mass is 378 g/mol. The standard InChI is InChI=1S/C22H22N2O4/c1-3-27-21(25)15-28-20-11-9-17(10-12-20)13-19(14-23)22(26)24-16(2)18-7-5-4-6-8-18/h4-13,16H,3,15H2,1-2H3,(H,24,26)/b19-13+/t16-/m1/s1. The topological polar surface area (TPSA) is 88.4 Å². The molecular weight excluding hydrogens is 356 g/mol. The highest BCUT2D eigenvalue weighted by atomic mass is 16.6. The van der Waals surface area contributed by atoms with E-state index in [1.807, 2.05) is 43.3 Å². The fourth-order valence-corrected chi connectivity index (χ4v) is 2.42. The van der Waals surface area contributed by atoms with E-state index >= 15 is 0 Å². The van der Waals surface area contributed by atoms with E-state index in [0.717, 1.165) is 5.56 Å². The Hall–Kier alpha value is -3.59. The molecule has 2 aromatic rings. The fourth-order valence-electron chi connectivity index (χ4n) is 2.42. The van der Waals surface area contributed by atoms with E-state index in [0.29, 0.717) is 17.9 Å². The van der Waals surface area contributed by atoms with Gasteiger partial charge in [0.2, 0.25) is 0 Å². The number of amides is 1. The summed E-state index contributed by atoms with van der Waals surface area (Å²) < 4.78 is 10.1. The molecule has 0 saturated heterocycles. The maximum absolute atomic E-state index is 12.4. The molecule has 0 aromatic heterocycles. The summed E-state index contributed by atoms with van der Waals surface area (Å²) in [6.45, 7) is 3.71. The van der Waals surface area contributed by atoms with Gasteiger partial charge in [-0.3, -0.25) is 4.79 Å². The van der Waals surface area contributed by atoms with Crippen LogP contribution >= 0.6 is 0 Å². The Bertz CT molecular complexity index is 868. The van der Waals surface area contributed by atoms with Crippen LogP contribution in [0.1, 0.15) is 31.0 Å². The minimum absolute atomic E-state index is 0.00275. The van der Waals surface area contributed by atoms with Crippen molar-refractivity contribution in [2.24, 2.45) is 0 Å². The van der Waals surface area contributed by atoms with Gasteiger partial charge in [-0.1, -0.05) is 42.5 Å². The second-order valence-electron chi connectivity index (χ2n) is 5.94. The number of carbonyl (C=O) groups is 2. The third-order valence-corrected chi connectivity index (χ3v) is 3.87. The Kier molecular flexibility index (Phi) is 7.79. The Balaban J connectivity index is 2.00. The molecule has 0 fully saturated rings. The summed E-state index contributed by atoms with van der Waals surface area (Å²) in [4.78, 5) is 23.7. The van der Waals surface area contributed by atoms with Crippen LogP contribution in [-0.2, 0) is 14.3 Å². The highest BCUT2D eigenvalue weighted by Gasteiger charge is 2.13. The Morgan fingerprint density at radius 2 is 1.82 bits per heavy atom. The van der Waals surface area contributed by atoms with E-state index in [-0.39, 0.29) is 18.2 Å². The lowest BCUT2D eigenvalue weighted by molar-refractivity contribution is -0.145. The lowest BCUT2D eigenvalue weighted by atomic mass is 10.1. The lowest BCUT2D eigenvalue weighted by Gasteiger charge is -2.13. The molecule has 0 radical (unpaired) electrons. The van der Waals surface area contributed by atoms with Crippen LogP contribution in [0.2, 0.25) is 0 Å². The molecule has 0 aliphatic rings. The molecule has 2 aromatic carbocycles. The number of esters is 1. The molecule has 0 aliphatic carbocycles. The summed E-state index contributed by atoms with van der Waals surface area (Å²) in [5.41, 5.74) is 1.63. The SMILES string of the molecule is CCOC(=O)COc1ccc(/C=C(\C#N)C(=O)N[C@H](C)c2ccccc2)cc1. The molecule has 0 aliphatic heterocycles. The molecule has 0 heterocycles. The quantitative estimate of drug-likeness (QED) is 0.432. The van der Waals surface area contributed by atoms with Gasteiger partial charge in [-0.25, -0.2) is 4.79 Å². The van der Waals surface area contributed by atoms with Crippen LogP contribution < -0.4 is 10.1 Å². The van der Waals surface area contributed by atoms with Gasteiger partial charge in [0.25, 0.3) is 5.91 Å². The van der Waals surface area contributed by atoms with Gasteiger partial charge < -0.3 is 14.8 Å². The summed E-state index contributed by atoms with van der Waals surface area (Å²) in [6, 6.07) is 17.9. The number of ether oxygens (including phenoxy) is 2. The average molecular weight is 378 g/mol. The van der Waals surface area contributed by atoms with E-state index in [1.54, 1.807) is 31.2 Å². The van der Waals surface area contributed by atoms with Gasteiger partial charge >= 0.3 is 5.97 Å². The van der Waals surface area contributed by atoms with Crippen LogP contribution in [0.5, 0.6) is 5.75 Å². The average Bonchev–Trinajstić information content (AvgIpc) is 2.72. The summed E-state index contributed by atoms with van der Waals surface area (Å²) in [6.07, 6.45) is 1.50. The van der Waals surface area contributed by atoms with Crippen LogP contribution in [0, 0.1) is 11.3 Å². The van der Waals surface area contributed by atoms with Crippen molar-refractivity contribution in [3.05, 3.63) is 71.3 Å². The smallest absolute Gasteiger partial charge is 0.344 e. The number of nitriles is 1. The predicted molar refractivity (Wildman–Crippen MR) is 105 cm³/mol. The van der Waals surface area contributed by atoms with Gasteiger partial charge in [0.15, 0.2) is 6.61 Å². The normalized spacial score (nSPS) is 11.8. The number of nitrogens with one attached hydrogen (secondary N) is 1. The van der Waals surface area contributed by atoms with E-state index in [2.05, 4.69) is 5.32 Å². The molecule has 0 bridgehead atoms. The third-order valence-electron chi connectivity index (χ3n) is 3.87. The number of carbonyl (C=O) groups excluding carboxylic acids is 2. The zero-order valence-electron chi connectivity index (χ0n) is 15.8. The summed E-state index contributed by atoms with van der Waals surface area (Å²) >= 11 is 0. The highest BCUT2D eigenvalue weighted by molar-refractivity contribution is 6.01. The summed E-state index contributed by atoms with van der Waals surface area (Å²) in [5, 5.41) is 12.2. The second kappa shape index (κ2) is 10.5. The fraction of sp³-hybridized carbons (Fsp3) is 0.227.